The number of pyridine rings is 1. The highest BCUT2D eigenvalue weighted by molar-refractivity contribution is 5.94. The van der Waals surface area contributed by atoms with E-state index >= 15 is 0 Å². The summed E-state index contributed by atoms with van der Waals surface area (Å²) in [5, 5.41) is 11.9. The predicted octanol–water partition coefficient (Wildman–Crippen LogP) is 2.25. The average molecular weight is 270 g/mol. The molecule has 0 spiro atoms. The Morgan fingerprint density at radius 1 is 1.25 bits per heavy atom. The molecule has 2 rings (SSSR count). The molecular formula is C16H18N2O2. The van der Waals surface area contributed by atoms with Crippen LogP contribution in [0.5, 0.6) is 0 Å². The molecule has 1 amide bonds. The third-order valence-electron chi connectivity index (χ3n) is 3.16. The summed E-state index contributed by atoms with van der Waals surface area (Å²) in [6.07, 6.45) is 2.44. The second-order valence-electron chi connectivity index (χ2n) is 4.55. The molecule has 1 atom stereocenters. The van der Waals surface area contributed by atoms with Crippen LogP contribution in [0.2, 0.25) is 0 Å². The molecule has 1 aromatic carbocycles. The summed E-state index contributed by atoms with van der Waals surface area (Å²) in [7, 11) is 0. The number of aliphatic hydroxyl groups is 1. The minimum absolute atomic E-state index is 0.0474. The maximum atomic E-state index is 12.0. The zero-order chi connectivity index (χ0) is 14.4. The summed E-state index contributed by atoms with van der Waals surface area (Å²) < 4.78 is 0. The zero-order valence-corrected chi connectivity index (χ0v) is 11.4. The lowest BCUT2D eigenvalue weighted by atomic mass is 10.1. The highest BCUT2D eigenvalue weighted by Crippen LogP contribution is 2.16. The summed E-state index contributed by atoms with van der Waals surface area (Å²) >= 11 is 0. The van der Waals surface area contributed by atoms with Crippen molar-refractivity contribution in [3.05, 3.63) is 54.2 Å². The molecular weight excluding hydrogens is 252 g/mol. The number of aliphatic hydroxyl groups excluding tert-OH is 1. The minimum Gasteiger partial charge on any atom is -0.394 e. The molecule has 2 N–H and O–H groups in total. The largest absolute Gasteiger partial charge is 0.394 e. The van der Waals surface area contributed by atoms with Crippen LogP contribution >= 0.6 is 0 Å². The molecule has 1 unspecified atom stereocenters. The maximum absolute atomic E-state index is 12.0. The highest BCUT2D eigenvalue weighted by Gasteiger charge is 2.11. The van der Waals surface area contributed by atoms with Crippen LogP contribution in [0.15, 0.2) is 48.7 Å². The number of amides is 1. The molecule has 2 aromatic rings. The molecule has 1 aromatic heterocycles. The summed E-state index contributed by atoms with van der Waals surface area (Å²) in [5.74, 6) is -0.168. The van der Waals surface area contributed by atoms with Gasteiger partial charge in [0.25, 0.3) is 5.91 Å². The van der Waals surface area contributed by atoms with Gasteiger partial charge >= 0.3 is 0 Å². The first-order valence-corrected chi connectivity index (χ1v) is 6.67. The van der Waals surface area contributed by atoms with Gasteiger partial charge in [-0.25, -0.2) is 0 Å². The number of rotatable bonds is 5. The van der Waals surface area contributed by atoms with Gasteiger partial charge in [0, 0.05) is 17.3 Å². The van der Waals surface area contributed by atoms with Crippen molar-refractivity contribution in [2.75, 3.05) is 6.61 Å². The highest BCUT2D eigenvalue weighted by atomic mass is 16.3. The monoisotopic (exact) mass is 270 g/mol. The first-order chi connectivity index (χ1) is 9.74. The third-order valence-corrected chi connectivity index (χ3v) is 3.16. The van der Waals surface area contributed by atoms with E-state index in [-0.39, 0.29) is 18.6 Å². The smallest absolute Gasteiger partial charge is 0.251 e. The van der Waals surface area contributed by atoms with Gasteiger partial charge in [-0.15, -0.1) is 0 Å². The molecule has 1 heterocycles. The number of hydrogen-bond acceptors (Lipinski definition) is 3. The van der Waals surface area contributed by atoms with Crippen molar-refractivity contribution in [1.82, 2.24) is 10.3 Å². The standard InChI is InChI=1S/C16H18N2O2/c1-2-14(11-19)18-16(20)13-8-6-12(7-9-13)15-5-3-4-10-17-15/h3-10,14,19H,2,11H2,1H3,(H,18,20). The molecule has 0 saturated heterocycles. The number of aromatic nitrogens is 1. The van der Waals surface area contributed by atoms with E-state index in [0.717, 1.165) is 11.3 Å². The lowest BCUT2D eigenvalue weighted by Gasteiger charge is -2.14. The Hall–Kier alpha value is -2.20. The quantitative estimate of drug-likeness (QED) is 0.876. The summed E-state index contributed by atoms with van der Waals surface area (Å²) in [6.45, 7) is 1.87. The Bertz CT molecular complexity index is 548. The molecule has 4 nitrogen and oxygen atoms in total. The third kappa shape index (κ3) is 3.42. The van der Waals surface area contributed by atoms with Crippen LogP contribution in [-0.4, -0.2) is 28.6 Å². The normalized spacial score (nSPS) is 11.9. The number of nitrogens with one attached hydrogen (secondary N) is 1. The first kappa shape index (κ1) is 14.2. The predicted molar refractivity (Wildman–Crippen MR) is 78.3 cm³/mol. The lowest BCUT2D eigenvalue weighted by molar-refractivity contribution is 0.0915. The van der Waals surface area contributed by atoms with E-state index < -0.39 is 0 Å². The molecule has 0 bridgehead atoms. The van der Waals surface area contributed by atoms with Gasteiger partial charge in [-0.2, -0.15) is 0 Å². The number of nitrogens with zero attached hydrogens (tertiary/aromatic N) is 1. The van der Waals surface area contributed by atoms with Gasteiger partial charge < -0.3 is 10.4 Å². The fraction of sp³-hybridized carbons (Fsp3) is 0.250. The SMILES string of the molecule is CCC(CO)NC(=O)c1ccc(-c2ccccn2)cc1. The number of hydrogen-bond donors (Lipinski definition) is 2. The zero-order valence-electron chi connectivity index (χ0n) is 11.4. The number of carbonyl (C=O) groups excluding carboxylic acids is 1. The Kier molecular flexibility index (Phi) is 4.85. The summed E-state index contributed by atoms with van der Waals surface area (Å²) in [6, 6.07) is 12.8. The van der Waals surface area contributed by atoms with E-state index in [9.17, 15) is 4.79 Å². The van der Waals surface area contributed by atoms with Crippen molar-refractivity contribution in [2.45, 2.75) is 19.4 Å². The first-order valence-electron chi connectivity index (χ1n) is 6.67. The molecule has 0 fully saturated rings. The van der Waals surface area contributed by atoms with Crippen LogP contribution in [-0.2, 0) is 0 Å². The van der Waals surface area contributed by atoms with E-state index in [1.807, 2.05) is 37.3 Å². The molecule has 20 heavy (non-hydrogen) atoms. The van der Waals surface area contributed by atoms with Crippen LogP contribution < -0.4 is 5.32 Å². The molecule has 0 aliphatic rings. The molecule has 0 aliphatic carbocycles. The fourth-order valence-corrected chi connectivity index (χ4v) is 1.87. The number of benzene rings is 1. The van der Waals surface area contributed by atoms with Crippen molar-refractivity contribution in [3.8, 4) is 11.3 Å². The van der Waals surface area contributed by atoms with Gasteiger partial charge in [0.2, 0.25) is 0 Å². The average Bonchev–Trinajstić information content (AvgIpc) is 2.53. The van der Waals surface area contributed by atoms with E-state index in [4.69, 9.17) is 5.11 Å². The van der Waals surface area contributed by atoms with Gasteiger partial charge in [-0.1, -0.05) is 25.1 Å². The molecule has 0 radical (unpaired) electrons. The van der Waals surface area contributed by atoms with E-state index in [2.05, 4.69) is 10.3 Å². The second-order valence-corrected chi connectivity index (χ2v) is 4.55. The Morgan fingerprint density at radius 2 is 2.00 bits per heavy atom. The Balaban J connectivity index is 2.10. The Morgan fingerprint density at radius 3 is 2.55 bits per heavy atom. The van der Waals surface area contributed by atoms with Gasteiger partial charge in [0.05, 0.1) is 18.3 Å². The molecule has 0 aliphatic heterocycles. The summed E-state index contributed by atoms with van der Waals surface area (Å²) in [5.41, 5.74) is 2.43. The van der Waals surface area contributed by atoms with E-state index in [1.165, 1.54) is 0 Å². The maximum Gasteiger partial charge on any atom is 0.251 e. The van der Waals surface area contributed by atoms with Gasteiger partial charge in [0.1, 0.15) is 0 Å². The van der Waals surface area contributed by atoms with Crippen molar-refractivity contribution >= 4 is 5.91 Å². The van der Waals surface area contributed by atoms with Crippen LogP contribution in [0, 0.1) is 0 Å². The van der Waals surface area contributed by atoms with E-state index in [0.29, 0.717) is 12.0 Å². The lowest BCUT2D eigenvalue weighted by Crippen LogP contribution is -2.36. The Labute approximate surface area is 118 Å². The van der Waals surface area contributed by atoms with Crippen molar-refractivity contribution in [1.29, 1.82) is 0 Å². The van der Waals surface area contributed by atoms with Crippen molar-refractivity contribution < 1.29 is 9.90 Å². The summed E-state index contributed by atoms with van der Waals surface area (Å²) in [4.78, 5) is 16.2. The van der Waals surface area contributed by atoms with Gasteiger partial charge in [-0.3, -0.25) is 9.78 Å². The van der Waals surface area contributed by atoms with Gasteiger partial charge in [-0.05, 0) is 30.7 Å². The number of carbonyl (C=O) groups is 1. The van der Waals surface area contributed by atoms with Crippen molar-refractivity contribution in [3.63, 3.8) is 0 Å². The van der Waals surface area contributed by atoms with Crippen LogP contribution in [0.4, 0.5) is 0 Å². The van der Waals surface area contributed by atoms with Crippen LogP contribution in [0.25, 0.3) is 11.3 Å². The molecule has 4 heteroatoms. The van der Waals surface area contributed by atoms with Gasteiger partial charge in [0.15, 0.2) is 0 Å². The second kappa shape index (κ2) is 6.82. The minimum atomic E-state index is -0.196. The molecule has 0 saturated carbocycles. The van der Waals surface area contributed by atoms with Crippen LogP contribution in [0.1, 0.15) is 23.7 Å². The fourth-order valence-electron chi connectivity index (χ4n) is 1.87. The topological polar surface area (TPSA) is 62.2 Å². The van der Waals surface area contributed by atoms with Crippen LogP contribution in [0.3, 0.4) is 0 Å². The van der Waals surface area contributed by atoms with Crippen molar-refractivity contribution in [2.24, 2.45) is 0 Å². The van der Waals surface area contributed by atoms with E-state index in [1.54, 1.807) is 18.3 Å². The molecule has 104 valence electrons.